The van der Waals surface area contributed by atoms with Crippen LogP contribution in [0.1, 0.15) is 34.6 Å². The first-order valence-corrected chi connectivity index (χ1v) is 9.67. The Morgan fingerprint density at radius 3 is 2.11 bits per heavy atom. The van der Waals surface area contributed by atoms with Crippen LogP contribution < -0.4 is 18.9 Å². The zero-order chi connectivity index (χ0) is 20.6. The number of halogens is 1. The second-order valence-corrected chi connectivity index (χ2v) is 6.58. The summed E-state index contributed by atoms with van der Waals surface area (Å²) in [6.07, 6.45) is -1.05. The Bertz CT molecular complexity index is 660. The molecule has 0 aliphatic heterocycles. The minimum atomic E-state index is -0.589. The molecule has 0 amide bonds. The Hall–Kier alpha value is -1.52. The standard InChI is InChI=1S/C19H27IO7/c1-8-23-12(5)25-14-10-15(22-7)17(27-19(21)11(3)4)18(16(14)20)26-13(6)24-9-2/h10,12-13H,3,8-9H2,1-2,4-7H3. The second kappa shape index (κ2) is 11.4. The molecule has 0 radical (unpaired) electrons. The molecular weight excluding hydrogens is 467 g/mol. The topological polar surface area (TPSA) is 72.5 Å². The van der Waals surface area contributed by atoms with Gasteiger partial charge >= 0.3 is 5.97 Å². The highest BCUT2D eigenvalue weighted by Gasteiger charge is 2.26. The average molecular weight is 494 g/mol. The SMILES string of the molecule is C=C(C)C(=O)Oc1c(OC)cc(OC(C)OCC)c(I)c1OC(C)OCC. The summed E-state index contributed by atoms with van der Waals surface area (Å²) in [6.45, 7) is 13.4. The van der Waals surface area contributed by atoms with Crippen molar-refractivity contribution in [3.63, 3.8) is 0 Å². The molecule has 2 atom stereocenters. The van der Waals surface area contributed by atoms with Gasteiger partial charge in [-0.3, -0.25) is 0 Å². The number of esters is 1. The summed E-state index contributed by atoms with van der Waals surface area (Å²) >= 11 is 2.06. The highest BCUT2D eigenvalue weighted by Crippen LogP contribution is 2.47. The fraction of sp³-hybridized carbons (Fsp3) is 0.526. The molecule has 1 aromatic carbocycles. The lowest BCUT2D eigenvalue weighted by Gasteiger charge is -2.23. The van der Waals surface area contributed by atoms with E-state index in [2.05, 4.69) is 29.2 Å². The molecule has 1 rings (SSSR count). The Balaban J connectivity index is 3.42. The van der Waals surface area contributed by atoms with Crippen LogP contribution in [0.2, 0.25) is 0 Å². The van der Waals surface area contributed by atoms with Crippen LogP contribution in [0, 0.1) is 3.57 Å². The van der Waals surface area contributed by atoms with E-state index in [0.717, 1.165) is 0 Å². The van der Waals surface area contributed by atoms with Crippen LogP contribution in [0.25, 0.3) is 0 Å². The molecular formula is C19H27IO7. The van der Waals surface area contributed by atoms with Gasteiger partial charge < -0.3 is 28.4 Å². The average Bonchev–Trinajstić information content (AvgIpc) is 2.60. The zero-order valence-electron chi connectivity index (χ0n) is 16.6. The fourth-order valence-electron chi connectivity index (χ4n) is 2.07. The van der Waals surface area contributed by atoms with Gasteiger partial charge in [0.15, 0.2) is 24.1 Å². The molecule has 0 spiro atoms. The van der Waals surface area contributed by atoms with Gasteiger partial charge in [-0.1, -0.05) is 6.58 Å². The van der Waals surface area contributed by atoms with E-state index in [-0.39, 0.29) is 22.8 Å². The molecule has 1 aromatic rings. The minimum Gasteiger partial charge on any atom is -0.493 e. The molecule has 152 valence electrons. The Labute approximate surface area is 174 Å². The first-order chi connectivity index (χ1) is 12.7. The summed E-state index contributed by atoms with van der Waals surface area (Å²) in [5.74, 6) is 0.584. The number of ether oxygens (including phenoxy) is 6. The van der Waals surface area contributed by atoms with Gasteiger partial charge in [0.05, 0.1) is 7.11 Å². The summed E-state index contributed by atoms with van der Waals surface area (Å²) in [4.78, 5) is 12.1. The molecule has 0 saturated heterocycles. The van der Waals surface area contributed by atoms with E-state index in [4.69, 9.17) is 28.4 Å². The quantitative estimate of drug-likeness (QED) is 0.149. The van der Waals surface area contributed by atoms with Gasteiger partial charge in [-0.2, -0.15) is 0 Å². The molecule has 0 N–H and O–H groups in total. The van der Waals surface area contributed by atoms with Crippen LogP contribution >= 0.6 is 22.6 Å². The van der Waals surface area contributed by atoms with Gasteiger partial charge in [0.2, 0.25) is 5.75 Å². The van der Waals surface area contributed by atoms with E-state index < -0.39 is 18.5 Å². The van der Waals surface area contributed by atoms with Crippen molar-refractivity contribution in [1.82, 2.24) is 0 Å². The number of rotatable bonds is 11. The van der Waals surface area contributed by atoms with E-state index in [1.54, 1.807) is 26.8 Å². The summed E-state index contributed by atoms with van der Waals surface area (Å²) in [6, 6.07) is 1.62. The Morgan fingerprint density at radius 2 is 1.63 bits per heavy atom. The van der Waals surface area contributed by atoms with E-state index in [0.29, 0.717) is 22.5 Å². The number of methoxy groups -OCH3 is 1. The second-order valence-electron chi connectivity index (χ2n) is 5.50. The predicted octanol–water partition coefficient (Wildman–Crippen LogP) is 4.30. The van der Waals surface area contributed by atoms with Crippen molar-refractivity contribution in [2.45, 2.75) is 47.2 Å². The van der Waals surface area contributed by atoms with E-state index in [1.165, 1.54) is 7.11 Å². The first kappa shape index (κ1) is 23.5. The third kappa shape index (κ3) is 6.86. The molecule has 0 aliphatic rings. The third-order valence-electron chi connectivity index (χ3n) is 3.25. The number of benzene rings is 1. The molecule has 8 heteroatoms. The number of hydrogen-bond donors (Lipinski definition) is 0. The van der Waals surface area contributed by atoms with Gasteiger partial charge in [-0.15, -0.1) is 0 Å². The van der Waals surface area contributed by atoms with E-state index >= 15 is 0 Å². The summed E-state index contributed by atoms with van der Waals surface area (Å²) in [5.41, 5.74) is 0.251. The lowest BCUT2D eigenvalue weighted by Crippen LogP contribution is -2.20. The Morgan fingerprint density at radius 1 is 1.07 bits per heavy atom. The summed E-state index contributed by atoms with van der Waals surface area (Å²) < 4.78 is 34.0. The molecule has 0 fully saturated rings. The predicted molar refractivity (Wildman–Crippen MR) is 110 cm³/mol. The molecule has 0 saturated carbocycles. The number of hydrogen-bond acceptors (Lipinski definition) is 7. The van der Waals surface area contributed by atoms with Gasteiger partial charge in [0, 0.05) is 24.9 Å². The van der Waals surface area contributed by atoms with Crippen LogP contribution in [0.4, 0.5) is 0 Å². The maximum atomic E-state index is 12.1. The van der Waals surface area contributed by atoms with Crippen molar-refractivity contribution in [1.29, 1.82) is 0 Å². The minimum absolute atomic E-state index is 0.137. The Kier molecular flexibility index (Phi) is 9.89. The van der Waals surface area contributed by atoms with Crippen LogP contribution in [0.3, 0.4) is 0 Å². The van der Waals surface area contributed by atoms with E-state index in [1.807, 2.05) is 13.8 Å². The van der Waals surface area contributed by atoms with Crippen LogP contribution in [-0.2, 0) is 14.3 Å². The highest BCUT2D eigenvalue weighted by molar-refractivity contribution is 14.1. The maximum absolute atomic E-state index is 12.1. The van der Waals surface area contributed by atoms with Gasteiger partial charge in [0.1, 0.15) is 9.32 Å². The molecule has 7 nitrogen and oxygen atoms in total. The van der Waals surface area contributed by atoms with Crippen molar-refractivity contribution >= 4 is 28.6 Å². The molecule has 27 heavy (non-hydrogen) atoms. The largest absolute Gasteiger partial charge is 0.493 e. The third-order valence-corrected chi connectivity index (χ3v) is 4.27. The van der Waals surface area contributed by atoms with Crippen LogP contribution in [0.5, 0.6) is 23.0 Å². The van der Waals surface area contributed by atoms with Gasteiger partial charge in [0.25, 0.3) is 0 Å². The monoisotopic (exact) mass is 494 g/mol. The summed E-state index contributed by atoms with van der Waals surface area (Å²) in [7, 11) is 1.46. The first-order valence-electron chi connectivity index (χ1n) is 8.59. The van der Waals surface area contributed by atoms with Crippen molar-refractivity contribution in [3.05, 3.63) is 21.8 Å². The van der Waals surface area contributed by atoms with Crippen molar-refractivity contribution in [2.75, 3.05) is 20.3 Å². The highest BCUT2D eigenvalue weighted by atomic mass is 127. The molecule has 0 aromatic heterocycles. The lowest BCUT2D eigenvalue weighted by atomic mass is 10.2. The number of carbonyl (C=O) groups excluding carboxylic acids is 1. The number of carbonyl (C=O) groups is 1. The van der Waals surface area contributed by atoms with Crippen molar-refractivity contribution < 1.29 is 33.2 Å². The van der Waals surface area contributed by atoms with Crippen LogP contribution in [0.15, 0.2) is 18.2 Å². The molecule has 0 bridgehead atoms. The van der Waals surface area contributed by atoms with Crippen molar-refractivity contribution in [2.24, 2.45) is 0 Å². The van der Waals surface area contributed by atoms with Gasteiger partial charge in [-0.25, -0.2) is 4.79 Å². The molecule has 0 aliphatic carbocycles. The fourth-order valence-corrected chi connectivity index (χ4v) is 2.73. The normalized spacial score (nSPS) is 12.9. The lowest BCUT2D eigenvalue weighted by molar-refractivity contribution is -0.130. The summed E-state index contributed by atoms with van der Waals surface area (Å²) in [5, 5.41) is 0. The van der Waals surface area contributed by atoms with E-state index in [9.17, 15) is 4.79 Å². The smallest absolute Gasteiger partial charge is 0.338 e. The van der Waals surface area contributed by atoms with Crippen molar-refractivity contribution in [3.8, 4) is 23.0 Å². The maximum Gasteiger partial charge on any atom is 0.338 e. The van der Waals surface area contributed by atoms with Gasteiger partial charge in [-0.05, 0) is 57.2 Å². The zero-order valence-corrected chi connectivity index (χ0v) is 18.7. The molecule has 2 unspecified atom stereocenters. The van der Waals surface area contributed by atoms with Crippen LogP contribution in [-0.4, -0.2) is 38.9 Å². The molecule has 0 heterocycles.